The van der Waals surface area contributed by atoms with Crippen molar-refractivity contribution in [1.82, 2.24) is 14.8 Å². The molecule has 3 heterocycles. The van der Waals surface area contributed by atoms with Crippen molar-refractivity contribution >= 4 is 22.7 Å². The molecule has 5 rings (SSSR count). The molecule has 33 heavy (non-hydrogen) atoms. The third-order valence-corrected chi connectivity index (χ3v) is 6.88. The lowest BCUT2D eigenvalue weighted by Gasteiger charge is -2.49. The third kappa shape index (κ3) is 3.12. The summed E-state index contributed by atoms with van der Waals surface area (Å²) in [4.78, 5) is 33.9. The monoisotopic (exact) mass is 449 g/mol. The maximum atomic E-state index is 13.9. The van der Waals surface area contributed by atoms with Gasteiger partial charge in [-0.05, 0) is 54.8 Å². The summed E-state index contributed by atoms with van der Waals surface area (Å²) in [5.74, 6) is 1.81. The van der Waals surface area contributed by atoms with Crippen LogP contribution >= 0.6 is 0 Å². The van der Waals surface area contributed by atoms with E-state index < -0.39 is 5.54 Å². The summed E-state index contributed by atoms with van der Waals surface area (Å²) >= 11 is 0. The molecule has 0 aliphatic carbocycles. The molecule has 1 aromatic heterocycles. The molecule has 2 aliphatic heterocycles. The average Bonchev–Trinajstić information content (AvgIpc) is 3.21. The zero-order valence-corrected chi connectivity index (χ0v) is 19.2. The third-order valence-electron chi connectivity index (χ3n) is 6.88. The van der Waals surface area contributed by atoms with Gasteiger partial charge < -0.3 is 29.0 Å². The van der Waals surface area contributed by atoms with E-state index in [0.717, 1.165) is 33.5 Å². The Morgan fingerprint density at radius 1 is 1.00 bits per heavy atom. The van der Waals surface area contributed by atoms with E-state index in [1.807, 2.05) is 43.3 Å². The first-order chi connectivity index (χ1) is 15.9. The largest absolute Gasteiger partial charge is 0.497 e. The number of hydrogen-bond donors (Lipinski definition) is 1. The number of fused-ring (bicyclic) bond motifs is 5. The summed E-state index contributed by atoms with van der Waals surface area (Å²) in [6.45, 7) is 2.70. The van der Waals surface area contributed by atoms with Gasteiger partial charge in [0, 0.05) is 24.0 Å². The molecular formula is C25H27N3O5. The Labute approximate surface area is 192 Å². The molecule has 2 aromatic carbocycles. The number of piperazine rings is 1. The Hall–Kier alpha value is -3.68. The van der Waals surface area contributed by atoms with Gasteiger partial charge >= 0.3 is 0 Å². The first-order valence-electron chi connectivity index (χ1n) is 10.9. The highest BCUT2D eigenvalue weighted by Crippen LogP contribution is 2.43. The molecular weight excluding hydrogens is 422 g/mol. The van der Waals surface area contributed by atoms with Gasteiger partial charge in [-0.25, -0.2) is 0 Å². The molecule has 3 aromatic rings. The van der Waals surface area contributed by atoms with Crippen LogP contribution in [0, 0.1) is 0 Å². The highest BCUT2D eigenvalue weighted by atomic mass is 16.5. The van der Waals surface area contributed by atoms with E-state index >= 15 is 0 Å². The van der Waals surface area contributed by atoms with Crippen LogP contribution in [0.2, 0.25) is 0 Å². The highest BCUT2D eigenvalue weighted by molar-refractivity contribution is 6.00. The van der Waals surface area contributed by atoms with Gasteiger partial charge in [-0.2, -0.15) is 0 Å². The summed E-state index contributed by atoms with van der Waals surface area (Å²) in [6, 6.07) is 11.4. The first-order valence-corrected chi connectivity index (χ1v) is 10.9. The normalized spacial score (nSPS) is 20.0. The summed E-state index contributed by atoms with van der Waals surface area (Å²) in [5, 5.41) is 1.03. The van der Waals surface area contributed by atoms with Gasteiger partial charge in [0.25, 0.3) is 5.91 Å². The molecule has 2 aliphatic rings. The summed E-state index contributed by atoms with van der Waals surface area (Å²) in [7, 11) is 4.79. The predicted octanol–water partition coefficient (Wildman–Crippen LogP) is 2.84. The van der Waals surface area contributed by atoms with Crippen molar-refractivity contribution < 1.29 is 23.8 Å². The van der Waals surface area contributed by atoms with E-state index in [1.54, 1.807) is 31.1 Å². The number of aromatic nitrogens is 1. The molecule has 8 heteroatoms. The Balaban J connectivity index is 1.54. The van der Waals surface area contributed by atoms with Crippen LogP contribution in [0.25, 0.3) is 10.9 Å². The number of hydrogen-bond acceptors (Lipinski definition) is 5. The molecule has 0 bridgehead atoms. The second-order valence-corrected chi connectivity index (χ2v) is 8.61. The minimum Gasteiger partial charge on any atom is -0.497 e. The number of amides is 2. The van der Waals surface area contributed by atoms with Crippen LogP contribution in [0.3, 0.4) is 0 Å². The number of carbonyl (C=O) groups excluding carboxylic acids is 2. The van der Waals surface area contributed by atoms with Gasteiger partial charge in [-0.1, -0.05) is 6.07 Å². The number of benzene rings is 2. The number of carbonyl (C=O) groups is 2. The van der Waals surface area contributed by atoms with Crippen LogP contribution in [0.4, 0.5) is 0 Å². The first kappa shape index (κ1) is 21.2. The molecule has 0 radical (unpaired) electrons. The number of nitrogens with one attached hydrogen (secondary N) is 1. The van der Waals surface area contributed by atoms with Gasteiger partial charge in [0.05, 0.1) is 27.0 Å². The summed E-state index contributed by atoms with van der Waals surface area (Å²) < 4.78 is 16.1. The van der Waals surface area contributed by atoms with Crippen LogP contribution in [0.5, 0.6) is 17.2 Å². The Kier molecular flexibility index (Phi) is 4.96. The van der Waals surface area contributed by atoms with Crippen LogP contribution < -0.4 is 14.2 Å². The van der Waals surface area contributed by atoms with E-state index in [9.17, 15) is 9.59 Å². The number of rotatable bonds is 5. The maximum absolute atomic E-state index is 13.9. The molecule has 1 N–H and O–H groups in total. The fraction of sp³-hybridized carbons (Fsp3) is 0.360. The van der Waals surface area contributed by atoms with E-state index in [-0.39, 0.29) is 18.4 Å². The SMILES string of the molecule is COc1ccc2[nH]c3c(c2c1)CCN1C(=O)CN(Cc2ccc(OC)c(OC)c2)C(=O)[C@]31C. The maximum Gasteiger partial charge on any atom is 0.255 e. The van der Waals surface area contributed by atoms with Gasteiger partial charge in [0.15, 0.2) is 17.0 Å². The molecule has 1 fully saturated rings. The van der Waals surface area contributed by atoms with Crippen molar-refractivity contribution in [2.45, 2.75) is 25.4 Å². The zero-order valence-electron chi connectivity index (χ0n) is 19.2. The number of ether oxygens (including phenoxy) is 3. The van der Waals surface area contributed by atoms with Crippen molar-refractivity contribution in [2.75, 3.05) is 34.4 Å². The highest BCUT2D eigenvalue weighted by Gasteiger charge is 2.54. The van der Waals surface area contributed by atoms with Crippen molar-refractivity contribution in [3.05, 3.63) is 53.2 Å². The molecule has 0 spiro atoms. The van der Waals surface area contributed by atoms with Crippen LogP contribution in [0.1, 0.15) is 23.7 Å². The lowest BCUT2D eigenvalue weighted by Crippen LogP contribution is -2.66. The van der Waals surface area contributed by atoms with Crippen molar-refractivity contribution in [2.24, 2.45) is 0 Å². The molecule has 0 unspecified atom stereocenters. The second-order valence-electron chi connectivity index (χ2n) is 8.61. The van der Waals surface area contributed by atoms with Gasteiger partial charge in [0.1, 0.15) is 12.3 Å². The average molecular weight is 450 g/mol. The Bertz CT molecular complexity index is 1270. The van der Waals surface area contributed by atoms with E-state index in [2.05, 4.69) is 4.98 Å². The number of H-pyrrole nitrogens is 1. The van der Waals surface area contributed by atoms with Crippen molar-refractivity contribution in [1.29, 1.82) is 0 Å². The fourth-order valence-corrected chi connectivity index (χ4v) is 5.16. The van der Waals surface area contributed by atoms with E-state index in [0.29, 0.717) is 31.0 Å². The molecule has 8 nitrogen and oxygen atoms in total. The van der Waals surface area contributed by atoms with Crippen molar-refractivity contribution in [3.63, 3.8) is 0 Å². The lowest BCUT2D eigenvalue weighted by atomic mass is 9.83. The standard InChI is InChI=1S/C25H27N3O5/c1-25-23-17(18-12-16(31-2)6-7-19(18)26-23)9-10-28(25)22(29)14-27(24(25)30)13-15-5-8-20(32-3)21(11-15)33-4/h5-8,11-12,26H,9-10,13-14H2,1-4H3/t25-/m0/s1. The smallest absolute Gasteiger partial charge is 0.255 e. The van der Waals surface area contributed by atoms with Crippen LogP contribution in [-0.2, 0) is 28.1 Å². The lowest BCUT2D eigenvalue weighted by molar-refractivity contribution is -0.166. The van der Waals surface area contributed by atoms with Crippen molar-refractivity contribution in [3.8, 4) is 17.2 Å². The number of nitrogens with zero attached hydrogens (tertiary/aromatic N) is 2. The zero-order chi connectivity index (χ0) is 23.3. The number of aromatic amines is 1. The van der Waals surface area contributed by atoms with Crippen LogP contribution in [-0.4, -0.2) is 61.0 Å². The predicted molar refractivity (Wildman–Crippen MR) is 123 cm³/mol. The summed E-state index contributed by atoms with van der Waals surface area (Å²) in [6.07, 6.45) is 0.687. The minimum atomic E-state index is -1.09. The second kappa shape index (κ2) is 7.72. The fourth-order valence-electron chi connectivity index (χ4n) is 5.16. The summed E-state index contributed by atoms with van der Waals surface area (Å²) in [5.41, 5.74) is 2.56. The topological polar surface area (TPSA) is 84.1 Å². The molecule has 2 amide bonds. The van der Waals surface area contributed by atoms with E-state index in [1.165, 1.54) is 0 Å². The van der Waals surface area contributed by atoms with Gasteiger partial charge in [-0.3, -0.25) is 9.59 Å². The minimum absolute atomic E-state index is 0.0478. The number of methoxy groups -OCH3 is 3. The van der Waals surface area contributed by atoms with Gasteiger partial charge in [0.2, 0.25) is 5.91 Å². The van der Waals surface area contributed by atoms with Crippen LogP contribution in [0.15, 0.2) is 36.4 Å². The molecule has 1 saturated heterocycles. The van der Waals surface area contributed by atoms with E-state index in [4.69, 9.17) is 14.2 Å². The molecule has 0 saturated carbocycles. The Morgan fingerprint density at radius 3 is 2.52 bits per heavy atom. The molecule has 1 atom stereocenters. The quantitative estimate of drug-likeness (QED) is 0.648. The Morgan fingerprint density at radius 2 is 1.79 bits per heavy atom. The van der Waals surface area contributed by atoms with Gasteiger partial charge in [-0.15, -0.1) is 0 Å². The molecule has 172 valence electrons.